The van der Waals surface area contributed by atoms with Crippen molar-refractivity contribution >= 4 is 32.5 Å². The summed E-state index contributed by atoms with van der Waals surface area (Å²) in [6.45, 7) is 0.314. The second kappa shape index (κ2) is 5.97. The van der Waals surface area contributed by atoms with E-state index in [1.54, 1.807) is 42.5 Å². The van der Waals surface area contributed by atoms with Gasteiger partial charge >= 0.3 is 0 Å². The number of aromatic amines is 1. The molecule has 0 saturated carbocycles. The third-order valence-electron chi connectivity index (χ3n) is 3.67. The Bertz CT molecular complexity index is 1010. The van der Waals surface area contributed by atoms with Crippen LogP contribution in [0, 0.1) is 0 Å². The summed E-state index contributed by atoms with van der Waals surface area (Å²) in [7, 11) is -2.97. The van der Waals surface area contributed by atoms with Crippen molar-refractivity contribution < 1.29 is 13.2 Å². The summed E-state index contributed by atoms with van der Waals surface area (Å²) in [5.74, 6) is 0.116. The maximum atomic E-state index is 12.3. The van der Waals surface area contributed by atoms with Crippen molar-refractivity contribution in [2.24, 2.45) is 0 Å². The minimum atomic E-state index is -2.97. The summed E-state index contributed by atoms with van der Waals surface area (Å²) in [6.07, 6.45) is 1.27. The van der Waals surface area contributed by atoms with Crippen molar-refractivity contribution in [2.75, 3.05) is 12.0 Å². The van der Waals surface area contributed by atoms with E-state index in [0.717, 1.165) is 11.1 Å². The van der Waals surface area contributed by atoms with Crippen LogP contribution in [0.25, 0.3) is 10.9 Å². The number of amides is 1. The molecule has 0 aliphatic carbocycles. The van der Waals surface area contributed by atoms with Gasteiger partial charge < -0.3 is 11.1 Å². The SMILES string of the molecule is CS(=O)(=[OH+])c1ccc(CNC(=O)c2ccc3[nH]nc(N)c3c2)cc1. The van der Waals surface area contributed by atoms with Crippen molar-refractivity contribution in [3.05, 3.63) is 53.6 Å². The zero-order valence-electron chi connectivity index (χ0n) is 12.9. The Morgan fingerprint density at radius 3 is 2.67 bits per heavy atom. The number of nitrogens with zero attached hydrogens (tertiary/aromatic N) is 1. The number of nitrogens with two attached hydrogens (primary N) is 1. The number of rotatable bonds is 4. The van der Waals surface area contributed by atoms with E-state index in [0.29, 0.717) is 28.2 Å². The number of carbonyl (C=O) groups is 1. The van der Waals surface area contributed by atoms with Crippen molar-refractivity contribution in [1.82, 2.24) is 15.5 Å². The van der Waals surface area contributed by atoms with Crippen LogP contribution >= 0.6 is 0 Å². The topological polar surface area (TPSA) is 122 Å². The first kappa shape index (κ1) is 16.0. The molecule has 0 aliphatic rings. The van der Waals surface area contributed by atoms with E-state index in [4.69, 9.17) is 5.73 Å². The summed E-state index contributed by atoms with van der Waals surface area (Å²) in [4.78, 5) is 12.6. The highest BCUT2D eigenvalue weighted by molar-refractivity contribution is 7.90. The fraction of sp³-hybridized carbons (Fsp3) is 0.125. The number of anilines is 1. The molecular formula is C16H17N4O3S+. The lowest BCUT2D eigenvalue weighted by Gasteiger charge is -2.06. The monoisotopic (exact) mass is 345 g/mol. The van der Waals surface area contributed by atoms with E-state index in [-0.39, 0.29) is 5.91 Å². The summed E-state index contributed by atoms with van der Waals surface area (Å²) in [5, 5.41) is 10.2. The van der Waals surface area contributed by atoms with Gasteiger partial charge in [-0.05, 0) is 35.9 Å². The van der Waals surface area contributed by atoms with Crippen molar-refractivity contribution in [1.29, 1.82) is 0 Å². The molecule has 0 radical (unpaired) electrons. The highest BCUT2D eigenvalue weighted by atomic mass is 32.2. The van der Waals surface area contributed by atoms with Crippen LogP contribution in [0.3, 0.4) is 0 Å². The lowest BCUT2D eigenvalue weighted by atomic mass is 10.1. The maximum Gasteiger partial charge on any atom is 0.299 e. The van der Waals surface area contributed by atoms with Gasteiger partial charge in [0.1, 0.15) is 4.90 Å². The largest absolute Gasteiger partial charge is 0.382 e. The number of H-pyrrole nitrogens is 1. The van der Waals surface area contributed by atoms with Gasteiger partial charge in [0.2, 0.25) is 0 Å². The summed E-state index contributed by atoms with van der Waals surface area (Å²) < 4.78 is 21.0. The molecule has 0 spiro atoms. The quantitative estimate of drug-likeness (QED) is 0.622. The van der Waals surface area contributed by atoms with Crippen LogP contribution < -0.4 is 11.1 Å². The summed E-state index contributed by atoms with van der Waals surface area (Å²) in [5.41, 5.74) is 7.83. The van der Waals surface area contributed by atoms with E-state index in [2.05, 4.69) is 15.5 Å². The Labute approximate surface area is 138 Å². The molecule has 0 fully saturated rings. The average Bonchev–Trinajstić information content (AvgIpc) is 2.93. The van der Waals surface area contributed by atoms with Gasteiger partial charge in [-0.3, -0.25) is 9.89 Å². The normalized spacial score (nSPS) is 13.5. The number of benzene rings is 2. The molecule has 3 aromatic rings. The molecule has 2 aromatic carbocycles. The van der Waals surface area contributed by atoms with Crippen LogP contribution in [0.4, 0.5) is 5.82 Å². The van der Waals surface area contributed by atoms with E-state index in [1.165, 1.54) is 6.26 Å². The van der Waals surface area contributed by atoms with Gasteiger partial charge in [0.25, 0.3) is 15.7 Å². The fourth-order valence-electron chi connectivity index (χ4n) is 2.32. The van der Waals surface area contributed by atoms with Crippen LogP contribution in [0.2, 0.25) is 0 Å². The zero-order chi connectivity index (χ0) is 17.3. The molecule has 1 unspecified atom stereocenters. The highest BCUT2D eigenvalue weighted by Gasteiger charge is 2.12. The highest BCUT2D eigenvalue weighted by Crippen LogP contribution is 2.19. The molecule has 5 N–H and O–H groups in total. The van der Waals surface area contributed by atoms with Crippen molar-refractivity contribution in [3.63, 3.8) is 0 Å². The van der Waals surface area contributed by atoms with Crippen LogP contribution in [-0.4, -0.2) is 30.8 Å². The van der Waals surface area contributed by atoms with Gasteiger partial charge in [0, 0.05) is 17.5 Å². The molecule has 1 atom stereocenters. The molecule has 7 nitrogen and oxygen atoms in total. The summed E-state index contributed by atoms with van der Waals surface area (Å²) in [6, 6.07) is 11.7. The van der Waals surface area contributed by atoms with Crippen molar-refractivity contribution in [3.8, 4) is 0 Å². The minimum Gasteiger partial charge on any atom is -0.382 e. The second-order valence-electron chi connectivity index (χ2n) is 5.50. The first-order valence-electron chi connectivity index (χ1n) is 7.17. The van der Waals surface area contributed by atoms with Gasteiger partial charge in [-0.15, -0.1) is 0 Å². The Hall–Kier alpha value is -2.87. The predicted molar refractivity (Wildman–Crippen MR) is 92.4 cm³/mol. The zero-order valence-corrected chi connectivity index (χ0v) is 13.8. The number of aromatic nitrogens is 2. The molecule has 8 heteroatoms. The number of nitrogens with one attached hydrogen (secondary N) is 2. The molecule has 3 rings (SSSR count). The lowest BCUT2D eigenvalue weighted by Crippen LogP contribution is -2.22. The summed E-state index contributed by atoms with van der Waals surface area (Å²) >= 11 is 0. The number of fused-ring (bicyclic) bond motifs is 1. The Morgan fingerprint density at radius 2 is 2.00 bits per heavy atom. The molecular weight excluding hydrogens is 328 g/mol. The Balaban J connectivity index is 1.71. The van der Waals surface area contributed by atoms with Gasteiger partial charge in [-0.25, -0.2) is 4.21 Å². The molecule has 0 bridgehead atoms. The molecule has 0 aliphatic heterocycles. The average molecular weight is 345 g/mol. The van der Waals surface area contributed by atoms with E-state index < -0.39 is 9.84 Å². The van der Waals surface area contributed by atoms with Gasteiger partial charge in [-0.2, -0.15) is 9.31 Å². The van der Waals surface area contributed by atoms with Gasteiger partial charge in [0.15, 0.2) is 5.82 Å². The number of nitrogen functional groups attached to an aromatic ring is 1. The fourth-order valence-corrected chi connectivity index (χ4v) is 2.96. The van der Waals surface area contributed by atoms with E-state index in [1.807, 2.05) is 0 Å². The predicted octanol–water partition coefficient (Wildman–Crippen LogP) is 1.64. The Kier molecular flexibility index (Phi) is 3.98. The van der Waals surface area contributed by atoms with Crippen LogP contribution in [-0.2, 0) is 16.4 Å². The minimum absolute atomic E-state index is 0.233. The van der Waals surface area contributed by atoms with Crippen LogP contribution in [0.1, 0.15) is 15.9 Å². The molecule has 24 heavy (non-hydrogen) atoms. The number of carbonyl (C=O) groups excluding carboxylic acids is 1. The molecule has 124 valence electrons. The van der Waals surface area contributed by atoms with Crippen LogP contribution in [0.5, 0.6) is 0 Å². The van der Waals surface area contributed by atoms with Crippen LogP contribution in [0.15, 0.2) is 47.4 Å². The van der Waals surface area contributed by atoms with Crippen molar-refractivity contribution in [2.45, 2.75) is 11.4 Å². The standard InChI is InChI=1S/C16H16N4O3S/c1-24(22,23)12-5-2-10(3-6-12)9-18-16(21)11-4-7-14-13(8-11)15(17)20-19-14/h2-8H,9H2,1H3,(H,18,21)(H3,17,19,20)/p+1. The second-order valence-corrected chi connectivity index (χ2v) is 7.57. The lowest BCUT2D eigenvalue weighted by molar-refractivity contribution is 0.0951. The van der Waals surface area contributed by atoms with E-state index in [9.17, 15) is 13.2 Å². The molecule has 1 amide bonds. The first-order chi connectivity index (χ1) is 11.3. The van der Waals surface area contributed by atoms with Gasteiger partial charge in [-0.1, -0.05) is 12.1 Å². The molecule has 1 aromatic heterocycles. The number of hydrogen-bond donors (Lipinski definition) is 3. The third kappa shape index (κ3) is 3.23. The smallest absolute Gasteiger partial charge is 0.299 e. The maximum absolute atomic E-state index is 12.3. The molecule has 1 heterocycles. The van der Waals surface area contributed by atoms with E-state index >= 15 is 0 Å². The number of hydrogen-bond acceptors (Lipinski definition) is 4. The Morgan fingerprint density at radius 1 is 1.29 bits per heavy atom. The first-order valence-corrected chi connectivity index (χ1v) is 9.09. The third-order valence-corrected chi connectivity index (χ3v) is 4.82. The van der Waals surface area contributed by atoms with Gasteiger partial charge in [0.05, 0.1) is 11.8 Å². The molecule has 0 saturated heterocycles.